The van der Waals surface area contributed by atoms with Crippen molar-refractivity contribution in [2.45, 2.75) is 19.3 Å². The summed E-state index contributed by atoms with van der Waals surface area (Å²) in [7, 11) is 0. The summed E-state index contributed by atoms with van der Waals surface area (Å²) in [6, 6.07) is 18.2. The highest BCUT2D eigenvalue weighted by molar-refractivity contribution is 5.92. The number of rotatable bonds is 7. The Labute approximate surface area is 148 Å². The second kappa shape index (κ2) is 8.21. The maximum Gasteiger partial charge on any atom is 0.228 e. The predicted octanol–water partition coefficient (Wildman–Crippen LogP) is 3.67. The van der Waals surface area contributed by atoms with Gasteiger partial charge in [-0.05, 0) is 30.0 Å². The van der Waals surface area contributed by atoms with Gasteiger partial charge in [-0.15, -0.1) is 12.3 Å². The summed E-state index contributed by atoms with van der Waals surface area (Å²) in [4.78, 5) is 15.8. The molecular weight excluding hydrogens is 308 g/mol. The van der Waals surface area contributed by atoms with E-state index in [4.69, 9.17) is 6.42 Å². The van der Waals surface area contributed by atoms with Gasteiger partial charge in [0.1, 0.15) is 0 Å². The number of aromatic amines is 1. The molecule has 125 valence electrons. The molecule has 0 atom stereocenters. The molecule has 0 aliphatic heterocycles. The fraction of sp³-hybridized carbons (Fsp3) is 0.182. The number of nitrogens with one attached hydrogen (secondary N) is 2. The van der Waals surface area contributed by atoms with Crippen LogP contribution in [0.15, 0.2) is 60.8 Å². The smallest absolute Gasteiger partial charge is 0.228 e. The molecule has 3 rings (SSSR count). The Morgan fingerprint density at radius 2 is 1.84 bits per heavy atom. The molecule has 0 aliphatic rings. The van der Waals surface area contributed by atoms with Crippen molar-refractivity contribution in [2.75, 3.05) is 6.54 Å². The van der Waals surface area contributed by atoms with Crippen LogP contribution in [0.5, 0.6) is 0 Å². The highest BCUT2D eigenvalue weighted by atomic mass is 16.1. The van der Waals surface area contributed by atoms with Crippen molar-refractivity contribution in [1.29, 1.82) is 0 Å². The molecule has 1 amide bonds. The zero-order valence-corrected chi connectivity index (χ0v) is 14.1. The van der Waals surface area contributed by atoms with Crippen LogP contribution in [0.4, 0.5) is 0 Å². The van der Waals surface area contributed by atoms with Gasteiger partial charge in [-0.3, -0.25) is 4.79 Å². The quantitative estimate of drug-likeness (QED) is 0.638. The SMILES string of the molecule is C#CC[C](Cc1c[nH]c2ccccc12)C(=O)NCCc1ccccc1. The second-order valence-corrected chi connectivity index (χ2v) is 6.01. The lowest BCUT2D eigenvalue weighted by Gasteiger charge is -2.13. The van der Waals surface area contributed by atoms with Crippen LogP contribution >= 0.6 is 0 Å². The third-order valence-electron chi connectivity index (χ3n) is 4.26. The lowest BCUT2D eigenvalue weighted by molar-refractivity contribution is -0.119. The van der Waals surface area contributed by atoms with Gasteiger partial charge in [-0.2, -0.15) is 0 Å². The number of fused-ring (bicyclic) bond motifs is 1. The number of aromatic nitrogens is 1. The Bertz CT molecular complexity index is 874. The number of para-hydroxylation sites is 1. The molecule has 1 heterocycles. The van der Waals surface area contributed by atoms with Crippen LogP contribution in [-0.2, 0) is 17.6 Å². The van der Waals surface area contributed by atoms with Crippen LogP contribution in [0, 0.1) is 18.3 Å². The summed E-state index contributed by atoms with van der Waals surface area (Å²) in [5.41, 5.74) is 3.37. The van der Waals surface area contributed by atoms with Crippen molar-refractivity contribution < 1.29 is 4.79 Å². The maximum atomic E-state index is 12.5. The largest absolute Gasteiger partial charge is 0.361 e. The lowest BCUT2D eigenvalue weighted by atomic mass is 9.95. The third-order valence-corrected chi connectivity index (χ3v) is 4.26. The first-order chi connectivity index (χ1) is 12.3. The lowest BCUT2D eigenvalue weighted by Crippen LogP contribution is -2.32. The number of amides is 1. The zero-order chi connectivity index (χ0) is 17.5. The molecule has 25 heavy (non-hydrogen) atoms. The van der Waals surface area contributed by atoms with Crippen LogP contribution < -0.4 is 5.32 Å². The van der Waals surface area contributed by atoms with E-state index >= 15 is 0 Å². The number of terminal acetylenes is 1. The normalized spacial score (nSPS) is 10.7. The van der Waals surface area contributed by atoms with Gasteiger partial charge < -0.3 is 10.3 Å². The fourth-order valence-corrected chi connectivity index (χ4v) is 2.94. The molecule has 0 spiro atoms. The van der Waals surface area contributed by atoms with Crippen LogP contribution in [0.1, 0.15) is 17.5 Å². The minimum atomic E-state index is -0.0563. The van der Waals surface area contributed by atoms with E-state index in [1.54, 1.807) is 0 Å². The standard InChI is InChI=1S/C22H21N2O/c1-2-8-18(15-19-16-24-21-12-7-6-11-20(19)21)22(25)23-14-13-17-9-4-3-5-10-17/h1,3-7,9-12,16,24H,8,13-15H2,(H,23,25). The van der Waals surface area contributed by atoms with Crippen molar-refractivity contribution in [3.05, 3.63) is 77.8 Å². The molecule has 0 saturated heterocycles. The molecule has 0 fully saturated rings. The first kappa shape index (κ1) is 16.9. The van der Waals surface area contributed by atoms with E-state index in [9.17, 15) is 4.79 Å². The molecule has 3 nitrogen and oxygen atoms in total. The van der Waals surface area contributed by atoms with Crippen molar-refractivity contribution in [3.63, 3.8) is 0 Å². The summed E-state index contributed by atoms with van der Waals surface area (Å²) >= 11 is 0. The van der Waals surface area contributed by atoms with Crippen molar-refractivity contribution in [3.8, 4) is 12.3 Å². The van der Waals surface area contributed by atoms with E-state index in [0.717, 1.165) is 28.8 Å². The first-order valence-corrected chi connectivity index (χ1v) is 8.43. The van der Waals surface area contributed by atoms with Crippen LogP contribution in [0.2, 0.25) is 0 Å². The molecule has 3 heteroatoms. The molecule has 0 aliphatic carbocycles. The average molecular weight is 329 g/mol. The van der Waals surface area contributed by atoms with E-state index < -0.39 is 0 Å². The summed E-state index contributed by atoms with van der Waals surface area (Å²) in [6.45, 7) is 0.602. The molecule has 0 saturated carbocycles. The Morgan fingerprint density at radius 3 is 2.64 bits per heavy atom. The fourth-order valence-electron chi connectivity index (χ4n) is 2.94. The molecule has 2 aromatic carbocycles. The van der Waals surface area contributed by atoms with Crippen molar-refractivity contribution in [2.24, 2.45) is 0 Å². The monoisotopic (exact) mass is 329 g/mol. The Morgan fingerprint density at radius 1 is 1.08 bits per heavy atom. The number of hydrogen-bond acceptors (Lipinski definition) is 1. The number of carbonyl (C=O) groups excluding carboxylic acids is 1. The molecule has 1 aromatic heterocycles. The van der Waals surface area contributed by atoms with Crippen LogP contribution in [-0.4, -0.2) is 17.4 Å². The topological polar surface area (TPSA) is 44.9 Å². The summed E-state index contributed by atoms with van der Waals surface area (Å²) < 4.78 is 0. The third kappa shape index (κ3) is 4.30. The molecule has 2 N–H and O–H groups in total. The highest BCUT2D eigenvalue weighted by Crippen LogP contribution is 2.23. The molecule has 3 aromatic rings. The van der Waals surface area contributed by atoms with Gasteiger partial charge in [0, 0.05) is 30.1 Å². The number of benzene rings is 2. The highest BCUT2D eigenvalue weighted by Gasteiger charge is 2.20. The van der Waals surface area contributed by atoms with Gasteiger partial charge in [0.25, 0.3) is 0 Å². The molecule has 0 bridgehead atoms. The number of H-pyrrole nitrogens is 1. The molecule has 0 unspecified atom stereocenters. The summed E-state index contributed by atoms with van der Waals surface area (Å²) in [5.74, 6) is 3.28. The van der Waals surface area contributed by atoms with Gasteiger partial charge in [0.15, 0.2) is 0 Å². The predicted molar refractivity (Wildman–Crippen MR) is 102 cm³/mol. The van der Waals surface area contributed by atoms with Crippen LogP contribution in [0.3, 0.4) is 0 Å². The Kier molecular flexibility index (Phi) is 5.53. The molecule has 1 radical (unpaired) electrons. The van der Waals surface area contributed by atoms with Crippen molar-refractivity contribution >= 4 is 16.8 Å². The molecular formula is C22H21N2O. The van der Waals surface area contributed by atoms with E-state index in [2.05, 4.69) is 34.4 Å². The van der Waals surface area contributed by atoms with Gasteiger partial charge in [0.2, 0.25) is 5.91 Å². The number of carbonyl (C=O) groups is 1. The minimum Gasteiger partial charge on any atom is -0.361 e. The summed E-state index contributed by atoms with van der Waals surface area (Å²) in [5, 5.41) is 4.13. The maximum absolute atomic E-state index is 12.5. The minimum absolute atomic E-state index is 0.0563. The van der Waals surface area contributed by atoms with E-state index in [0.29, 0.717) is 19.4 Å². The van der Waals surface area contributed by atoms with Gasteiger partial charge in [-0.25, -0.2) is 0 Å². The van der Waals surface area contributed by atoms with E-state index in [1.807, 2.05) is 42.6 Å². The zero-order valence-electron chi connectivity index (χ0n) is 14.1. The summed E-state index contributed by atoms with van der Waals surface area (Å²) in [6.07, 6.45) is 9.15. The average Bonchev–Trinajstić information content (AvgIpc) is 3.05. The Hall–Kier alpha value is -2.99. The Balaban J connectivity index is 1.62. The van der Waals surface area contributed by atoms with Gasteiger partial charge in [0.05, 0.1) is 5.92 Å². The van der Waals surface area contributed by atoms with Gasteiger partial charge in [-0.1, -0.05) is 48.5 Å². The first-order valence-electron chi connectivity index (χ1n) is 8.43. The number of hydrogen-bond donors (Lipinski definition) is 2. The van der Waals surface area contributed by atoms with E-state index in [-0.39, 0.29) is 5.91 Å². The van der Waals surface area contributed by atoms with Gasteiger partial charge >= 0.3 is 0 Å². The van der Waals surface area contributed by atoms with Crippen LogP contribution in [0.25, 0.3) is 10.9 Å². The van der Waals surface area contributed by atoms with Crippen molar-refractivity contribution in [1.82, 2.24) is 10.3 Å². The van der Waals surface area contributed by atoms with E-state index in [1.165, 1.54) is 5.56 Å². The second-order valence-electron chi connectivity index (χ2n) is 6.01.